The molecule has 194 valence electrons. The van der Waals surface area contributed by atoms with E-state index >= 15 is 0 Å². The summed E-state index contributed by atoms with van der Waals surface area (Å²) in [5.74, 6) is -1.83. The molecule has 3 heterocycles. The van der Waals surface area contributed by atoms with Crippen LogP contribution in [0, 0.1) is 24.2 Å². The van der Waals surface area contributed by atoms with Crippen molar-refractivity contribution in [1.82, 2.24) is 4.98 Å². The van der Waals surface area contributed by atoms with Crippen molar-refractivity contribution < 1.29 is 29.3 Å². The van der Waals surface area contributed by atoms with Crippen molar-refractivity contribution in [3.8, 4) is 0 Å². The lowest BCUT2D eigenvalue weighted by Gasteiger charge is -2.34. The first-order chi connectivity index (χ1) is 16.2. The van der Waals surface area contributed by atoms with Gasteiger partial charge in [-0.15, -0.1) is 11.3 Å². The van der Waals surface area contributed by atoms with Crippen LogP contribution < -0.4 is 0 Å². The third-order valence-corrected chi connectivity index (χ3v) is 8.30. The number of esters is 1. The van der Waals surface area contributed by atoms with Gasteiger partial charge in [-0.25, -0.2) is 4.98 Å². The van der Waals surface area contributed by atoms with Gasteiger partial charge >= 0.3 is 5.97 Å². The number of Topliss-reactive ketones (excluding diaryl/α,β-unsaturated/α-hetero) is 1. The van der Waals surface area contributed by atoms with Crippen LogP contribution in [-0.2, 0) is 19.1 Å². The first kappa shape index (κ1) is 27.7. The fourth-order valence-corrected chi connectivity index (χ4v) is 5.24. The SMILES string of the molecule is C/C(=C\c1csc(C)n1)C1C[C@H]2OC2(C)C/C=C/C(C)C(O)C(C)C(=O)C(C)(C)[C@@H](O)CC(=O)O1. The fraction of sp³-hybridized carbons (Fsp3) is 0.667. The van der Waals surface area contributed by atoms with Crippen LogP contribution in [0.2, 0.25) is 0 Å². The molecular weight excluding hydrogens is 466 g/mol. The molecule has 5 unspecified atom stereocenters. The molecule has 35 heavy (non-hydrogen) atoms. The minimum Gasteiger partial charge on any atom is -0.458 e. The second kappa shape index (κ2) is 10.6. The molecule has 0 aromatic carbocycles. The molecule has 0 aliphatic carbocycles. The standard InChI is InChI=1S/C27H39NO6S/c1-15-9-8-10-27(7)22(34-27)12-20(16(2)11-19-14-35-18(4)28-19)33-23(30)13-21(29)26(5,6)25(32)17(3)24(15)31/h8-9,11,14-15,17,20-22,24,29,31H,10,12-13H2,1-7H3/b9-8+,16-11+/t15?,17?,20?,21-,22+,24?,27?/m0/s1. The van der Waals surface area contributed by atoms with Crippen molar-refractivity contribution in [2.45, 2.75) is 97.7 Å². The van der Waals surface area contributed by atoms with Crippen LogP contribution >= 0.6 is 11.3 Å². The van der Waals surface area contributed by atoms with Gasteiger partial charge in [-0.2, -0.15) is 0 Å². The minimum atomic E-state index is -1.25. The summed E-state index contributed by atoms with van der Waals surface area (Å²) < 4.78 is 11.9. The third kappa shape index (κ3) is 6.47. The lowest BCUT2D eigenvalue weighted by Crippen LogP contribution is -2.45. The molecule has 1 saturated heterocycles. The number of nitrogens with zero attached hydrogens (tertiary/aromatic N) is 1. The van der Waals surface area contributed by atoms with E-state index in [0.29, 0.717) is 12.8 Å². The van der Waals surface area contributed by atoms with E-state index in [2.05, 4.69) is 4.98 Å². The first-order valence-electron chi connectivity index (χ1n) is 12.3. The first-order valence-corrected chi connectivity index (χ1v) is 13.2. The van der Waals surface area contributed by atoms with Crippen molar-refractivity contribution in [3.05, 3.63) is 33.8 Å². The smallest absolute Gasteiger partial charge is 0.309 e. The molecule has 1 aromatic heterocycles. The van der Waals surface area contributed by atoms with E-state index < -0.39 is 35.6 Å². The van der Waals surface area contributed by atoms with Crippen LogP contribution in [0.3, 0.4) is 0 Å². The summed E-state index contributed by atoms with van der Waals surface area (Å²) in [6.45, 7) is 12.6. The van der Waals surface area contributed by atoms with Gasteiger partial charge in [-0.3, -0.25) is 9.59 Å². The number of cyclic esters (lactones) is 1. The molecule has 7 atom stereocenters. The Morgan fingerprint density at radius 1 is 1.23 bits per heavy atom. The summed E-state index contributed by atoms with van der Waals surface area (Å²) in [7, 11) is 0. The molecule has 0 spiro atoms. The number of aromatic nitrogens is 1. The Bertz CT molecular complexity index is 998. The monoisotopic (exact) mass is 505 g/mol. The molecule has 7 nitrogen and oxygen atoms in total. The molecule has 2 aliphatic rings. The van der Waals surface area contributed by atoms with Gasteiger partial charge in [-0.05, 0) is 38.8 Å². The molecule has 0 radical (unpaired) electrons. The quantitative estimate of drug-likeness (QED) is 0.351. The second-order valence-corrected chi connectivity index (χ2v) is 12.0. The van der Waals surface area contributed by atoms with E-state index in [1.165, 1.54) is 0 Å². The fourth-order valence-electron chi connectivity index (χ4n) is 4.67. The molecule has 8 heteroatoms. The average Bonchev–Trinajstić information content (AvgIpc) is 3.22. The van der Waals surface area contributed by atoms with Gasteiger partial charge in [-0.1, -0.05) is 39.8 Å². The summed E-state index contributed by atoms with van der Waals surface area (Å²) in [4.78, 5) is 30.6. The van der Waals surface area contributed by atoms with Crippen LogP contribution in [0.25, 0.3) is 6.08 Å². The molecule has 1 aromatic rings. The van der Waals surface area contributed by atoms with E-state index in [1.54, 1.807) is 32.1 Å². The van der Waals surface area contributed by atoms with Crippen molar-refractivity contribution in [2.24, 2.45) is 17.3 Å². The second-order valence-electron chi connectivity index (χ2n) is 10.9. The number of ether oxygens (including phenoxy) is 2. The molecule has 3 rings (SSSR count). The Labute approximate surface area is 212 Å². The van der Waals surface area contributed by atoms with Gasteiger partial charge in [0.1, 0.15) is 11.9 Å². The maximum absolute atomic E-state index is 13.2. The highest BCUT2D eigenvalue weighted by Crippen LogP contribution is 2.44. The van der Waals surface area contributed by atoms with Gasteiger partial charge in [0.2, 0.25) is 0 Å². The molecule has 0 amide bonds. The summed E-state index contributed by atoms with van der Waals surface area (Å²) in [5.41, 5.74) is 0.0391. The van der Waals surface area contributed by atoms with Crippen LogP contribution in [-0.4, -0.2) is 57.0 Å². The number of carbonyl (C=O) groups excluding carboxylic acids is 2. The lowest BCUT2D eigenvalue weighted by molar-refractivity contribution is -0.154. The Morgan fingerprint density at radius 3 is 2.54 bits per heavy atom. The number of aliphatic hydroxyl groups excluding tert-OH is 2. The largest absolute Gasteiger partial charge is 0.458 e. The van der Waals surface area contributed by atoms with Crippen molar-refractivity contribution in [2.75, 3.05) is 0 Å². The minimum absolute atomic E-state index is 0.0968. The van der Waals surface area contributed by atoms with Gasteiger partial charge in [0.05, 0.1) is 46.5 Å². The predicted molar refractivity (Wildman–Crippen MR) is 136 cm³/mol. The zero-order valence-corrected chi connectivity index (χ0v) is 22.6. The van der Waals surface area contributed by atoms with Gasteiger partial charge in [0, 0.05) is 23.6 Å². The number of ketones is 1. The van der Waals surface area contributed by atoms with Gasteiger partial charge in [0.25, 0.3) is 0 Å². The highest BCUT2D eigenvalue weighted by Gasteiger charge is 2.52. The van der Waals surface area contributed by atoms with E-state index in [-0.39, 0.29) is 29.8 Å². The zero-order valence-electron chi connectivity index (χ0n) is 21.8. The van der Waals surface area contributed by atoms with Crippen molar-refractivity contribution >= 4 is 29.2 Å². The van der Waals surface area contributed by atoms with Crippen molar-refractivity contribution in [1.29, 1.82) is 0 Å². The number of hydrogen-bond acceptors (Lipinski definition) is 8. The summed E-state index contributed by atoms with van der Waals surface area (Å²) >= 11 is 1.55. The topological polar surface area (TPSA) is 109 Å². The highest BCUT2D eigenvalue weighted by atomic mass is 32.1. The van der Waals surface area contributed by atoms with Crippen LogP contribution in [0.5, 0.6) is 0 Å². The van der Waals surface area contributed by atoms with Crippen molar-refractivity contribution in [3.63, 3.8) is 0 Å². The van der Waals surface area contributed by atoms with Gasteiger partial charge < -0.3 is 19.7 Å². The van der Waals surface area contributed by atoms with Crippen LogP contribution in [0.15, 0.2) is 23.1 Å². The van der Waals surface area contributed by atoms with Crippen LogP contribution in [0.4, 0.5) is 0 Å². The van der Waals surface area contributed by atoms with E-state index in [1.807, 2.05) is 51.3 Å². The summed E-state index contributed by atoms with van der Waals surface area (Å²) in [6.07, 6.45) is 3.84. The maximum atomic E-state index is 13.2. The van der Waals surface area contributed by atoms with E-state index in [4.69, 9.17) is 9.47 Å². The Kier molecular flexibility index (Phi) is 8.41. The number of aliphatic hydroxyl groups is 2. The summed E-state index contributed by atoms with van der Waals surface area (Å²) in [6, 6.07) is 0. The number of fused-ring (bicyclic) bond motifs is 1. The Morgan fingerprint density at radius 2 is 1.91 bits per heavy atom. The number of thiazole rings is 1. The number of rotatable bonds is 2. The number of carbonyl (C=O) groups is 2. The molecule has 1 fully saturated rings. The zero-order chi connectivity index (χ0) is 26.1. The van der Waals surface area contributed by atoms with Gasteiger partial charge in [0.15, 0.2) is 0 Å². The predicted octanol–water partition coefficient (Wildman–Crippen LogP) is 4.25. The molecule has 2 aliphatic heterocycles. The normalized spacial score (nSPS) is 37.9. The Balaban J connectivity index is 1.89. The van der Waals surface area contributed by atoms with E-state index in [0.717, 1.165) is 16.3 Å². The number of hydrogen-bond donors (Lipinski definition) is 2. The maximum Gasteiger partial charge on any atom is 0.309 e. The summed E-state index contributed by atoms with van der Waals surface area (Å²) in [5, 5.41) is 24.5. The van der Waals surface area contributed by atoms with Crippen LogP contribution in [0.1, 0.15) is 71.5 Å². The number of epoxide rings is 1. The van der Waals surface area contributed by atoms with E-state index in [9.17, 15) is 19.8 Å². The lowest BCUT2D eigenvalue weighted by atomic mass is 9.73. The third-order valence-electron chi connectivity index (χ3n) is 7.51. The molecule has 0 bridgehead atoms. The highest BCUT2D eigenvalue weighted by molar-refractivity contribution is 7.09. The molecule has 0 saturated carbocycles. The number of aryl methyl sites for hydroxylation is 1. The average molecular weight is 506 g/mol. The molecular formula is C27H39NO6S. The molecule has 2 N–H and O–H groups in total. The Hall–Kier alpha value is -1.87.